The monoisotopic (exact) mass is 430 g/mol. The summed E-state index contributed by atoms with van der Waals surface area (Å²) in [4.78, 5) is 28.0. The number of amides is 1. The van der Waals surface area contributed by atoms with Crippen molar-refractivity contribution in [3.8, 4) is 5.69 Å². The third kappa shape index (κ3) is 6.42. The average Bonchev–Trinajstić information content (AvgIpc) is 3.21. The van der Waals surface area contributed by atoms with Crippen LogP contribution >= 0.6 is 0 Å². The van der Waals surface area contributed by atoms with E-state index in [2.05, 4.69) is 4.98 Å². The first-order valence-corrected chi connectivity index (χ1v) is 10.2. The Labute approximate surface area is 180 Å². The average molecular weight is 430 g/mol. The smallest absolute Gasteiger partial charge is 0.250 e. The molecule has 8 heteroatoms. The zero-order chi connectivity index (χ0) is 23.0. The lowest BCUT2D eigenvalue weighted by Crippen LogP contribution is -2.36. The summed E-state index contributed by atoms with van der Waals surface area (Å²) in [6.45, 7) is 5.07. The van der Waals surface area contributed by atoms with Gasteiger partial charge in [0.25, 0.3) is 5.92 Å². The van der Waals surface area contributed by atoms with Gasteiger partial charge in [-0.05, 0) is 43.4 Å². The fourth-order valence-corrected chi connectivity index (χ4v) is 3.05. The summed E-state index contributed by atoms with van der Waals surface area (Å²) in [6.07, 6.45) is 4.23. The van der Waals surface area contributed by atoms with Crippen LogP contribution in [0.25, 0.3) is 16.7 Å². The number of piperidine rings is 1. The Morgan fingerprint density at radius 2 is 1.74 bits per heavy atom. The second-order valence-electron chi connectivity index (χ2n) is 7.06. The number of hydrogen-bond donors (Lipinski definition) is 1. The lowest BCUT2D eigenvalue weighted by Gasteiger charge is -2.28. The molecule has 1 aliphatic rings. The summed E-state index contributed by atoms with van der Waals surface area (Å²) in [6, 6.07) is 10.6. The molecule has 31 heavy (non-hydrogen) atoms. The number of carbonyl (C=O) groups excluding carboxylic acids is 2. The van der Waals surface area contributed by atoms with E-state index in [-0.39, 0.29) is 12.8 Å². The maximum Gasteiger partial charge on any atom is 0.250 e. The normalized spacial score (nSPS) is 15.3. The highest BCUT2D eigenvalue weighted by atomic mass is 19.3. The largest absolute Gasteiger partial charge is 0.366 e. The summed E-state index contributed by atoms with van der Waals surface area (Å²) in [5.74, 6) is -2.84. The number of likely N-dealkylation sites (tertiary alicyclic amines) is 1. The zero-order valence-corrected chi connectivity index (χ0v) is 18.0. The molecule has 0 saturated carbocycles. The highest BCUT2D eigenvalue weighted by molar-refractivity contribution is 5.93. The van der Waals surface area contributed by atoms with E-state index >= 15 is 0 Å². The second-order valence-corrected chi connectivity index (χ2v) is 7.06. The van der Waals surface area contributed by atoms with Crippen molar-refractivity contribution in [2.75, 3.05) is 20.1 Å². The van der Waals surface area contributed by atoms with Crippen LogP contribution in [-0.2, 0) is 0 Å². The Balaban J connectivity index is 0.000000261. The zero-order valence-electron chi connectivity index (χ0n) is 18.0. The number of benzene rings is 1. The molecule has 3 aromatic rings. The quantitative estimate of drug-likeness (QED) is 0.628. The Hall–Kier alpha value is -3.13. The number of hydrogen-bond acceptors (Lipinski definition) is 4. The number of pyridine rings is 1. The minimum absolute atomic E-state index is 0.0312. The summed E-state index contributed by atoms with van der Waals surface area (Å²) >= 11 is 0. The molecule has 1 fully saturated rings. The summed E-state index contributed by atoms with van der Waals surface area (Å²) in [5, 5.41) is 0.883. The number of aldehydes is 1. The lowest BCUT2D eigenvalue weighted by atomic mass is 10.1. The molecule has 166 valence electrons. The molecule has 0 aliphatic carbocycles. The number of fused-ring (bicyclic) bond motifs is 1. The number of aromatic nitrogens is 2. The molecular formula is C23H28F2N4O2. The third-order valence-corrected chi connectivity index (χ3v) is 4.83. The first kappa shape index (κ1) is 24.1. The molecule has 1 aromatic carbocycles. The first-order valence-electron chi connectivity index (χ1n) is 10.2. The summed E-state index contributed by atoms with van der Waals surface area (Å²) in [5.41, 5.74) is 7.84. The lowest BCUT2D eigenvalue weighted by molar-refractivity contribution is -0.0504. The van der Waals surface area contributed by atoms with Gasteiger partial charge < -0.3 is 15.2 Å². The SMILES string of the molecule is CC.CN1CCC(F)(F)CC1.NC(=O)c1ccc(-n2ccc3cc(C=O)cnc32)cc1. The van der Waals surface area contributed by atoms with Crippen molar-refractivity contribution in [2.45, 2.75) is 32.6 Å². The van der Waals surface area contributed by atoms with Gasteiger partial charge in [0.2, 0.25) is 5.91 Å². The van der Waals surface area contributed by atoms with Crippen LogP contribution in [-0.4, -0.2) is 52.7 Å². The molecule has 0 bridgehead atoms. The van der Waals surface area contributed by atoms with Gasteiger partial charge in [0.05, 0.1) is 0 Å². The molecule has 1 saturated heterocycles. The minimum Gasteiger partial charge on any atom is -0.366 e. The van der Waals surface area contributed by atoms with Crippen LogP contribution in [0.1, 0.15) is 47.4 Å². The van der Waals surface area contributed by atoms with E-state index in [0.29, 0.717) is 24.2 Å². The molecule has 1 aliphatic heterocycles. The van der Waals surface area contributed by atoms with Crippen molar-refractivity contribution in [3.63, 3.8) is 0 Å². The van der Waals surface area contributed by atoms with Crippen LogP contribution < -0.4 is 5.73 Å². The molecule has 1 amide bonds. The fraction of sp³-hybridized carbons (Fsp3) is 0.348. The Kier molecular flexibility index (Phi) is 8.38. The number of rotatable bonds is 3. The molecule has 6 nitrogen and oxygen atoms in total. The van der Waals surface area contributed by atoms with E-state index in [1.165, 1.54) is 6.20 Å². The summed E-state index contributed by atoms with van der Waals surface area (Å²) in [7, 11) is 1.87. The minimum atomic E-state index is -2.38. The van der Waals surface area contributed by atoms with Crippen molar-refractivity contribution in [1.82, 2.24) is 14.5 Å². The standard InChI is InChI=1S/C15H11N3O2.C6H11F2N.C2H6/c16-14(20)11-1-3-13(4-2-11)18-6-5-12-7-10(9-19)8-17-15(12)18;1-9-4-2-6(7,8)3-5-9;1-2/h1-9H,(H2,16,20);2-5H2,1H3;1-2H3. The van der Waals surface area contributed by atoms with Crippen molar-refractivity contribution < 1.29 is 18.4 Å². The van der Waals surface area contributed by atoms with Gasteiger partial charge >= 0.3 is 0 Å². The van der Waals surface area contributed by atoms with Gasteiger partial charge in [-0.25, -0.2) is 13.8 Å². The predicted molar refractivity (Wildman–Crippen MR) is 118 cm³/mol. The van der Waals surface area contributed by atoms with E-state index in [9.17, 15) is 18.4 Å². The number of halogens is 2. The van der Waals surface area contributed by atoms with Crippen molar-refractivity contribution in [3.05, 3.63) is 59.9 Å². The molecule has 0 unspecified atom stereocenters. The van der Waals surface area contributed by atoms with Gasteiger partial charge in [-0.2, -0.15) is 0 Å². The molecule has 4 rings (SSSR count). The van der Waals surface area contributed by atoms with Gasteiger partial charge in [-0.1, -0.05) is 13.8 Å². The predicted octanol–water partition coefficient (Wildman–Crippen LogP) is 4.31. The highest BCUT2D eigenvalue weighted by Gasteiger charge is 2.32. The van der Waals surface area contributed by atoms with Gasteiger partial charge in [-0.15, -0.1) is 0 Å². The second kappa shape index (κ2) is 10.8. The number of primary amides is 1. The Morgan fingerprint density at radius 1 is 1.13 bits per heavy atom. The van der Waals surface area contributed by atoms with Gasteiger partial charge in [0, 0.05) is 60.5 Å². The number of alkyl halides is 2. The van der Waals surface area contributed by atoms with Crippen LogP contribution in [0.15, 0.2) is 48.8 Å². The third-order valence-electron chi connectivity index (χ3n) is 4.83. The van der Waals surface area contributed by atoms with E-state index < -0.39 is 11.8 Å². The molecule has 2 N–H and O–H groups in total. The van der Waals surface area contributed by atoms with E-state index in [1.54, 1.807) is 30.3 Å². The van der Waals surface area contributed by atoms with Crippen LogP contribution in [0, 0.1) is 0 Å². The highest BCUT2D eigenvalue weighted by Crippen LogP contribution is 2.26. The molecular weight excluding hydrogens is 402 g/mol. The summed E-state index contributed by atoms with van der Waals surface area (Å²) < 4.78 is 26.6. The maximum absolute atomic E-state index is 12.4. The van der Waals surface area contributed by atoms with Crippen LogP contribution in [0.5, 0.6) is 0 Å². The Morgan fingerprint density at radius 3 is 2.26 bits per heavy atom. The van der Waals surface area contributed by atoms with Crippen LogP contribution in [0.3, 0.4) is 0 Å². The molecule has 3 heterocycles. The number of nitrogens with zero attached hydrogens (tertiary/aromatic N) is 3. The van der Waals surface area contributed by atoms with Crippen LogP contribution in [0.4, 0.5) is 8.78 Å². The number of nitrogens with two attached hydrogens (primary N) is 1. The van der Waals surface area contributed by atoms with E-state index in [0.717, 1.165) is 23.0 Å². The van der Waals surface area contributed by atoms with Crippen molar-refractivity contribution >= 4 is 23.2 Å². The first-order chi connectivity index (χ1) is 14.8. The van der Waals surface area contributed by atoms with E-state index in [1.807, 2.05) is 42.6 Å². The molecule has 0 spiro atoms. The topological polar surface area (TPSA) is 81.2 Å². The van der Waals surface area contributed by atoms with E-state index in [4.69, 9.17) is 5.73 Å². The van der Waals surface area contributed by atoms with Gasteiger partial charge in [0.15, 0.2) is 6.29 Å². The maximum atomic E-state index is 12.4. The number of carbonyl (C=O) groups is 2. The van der Waals surface area contributed by atoms with Gasteiger partial charge in [0.1, 0.15) is 5.65 Å². The van der Waals surface area contributed by atoms with Crippen molar-refractivity contribution in [2.24, 2.45) is 5.73 Å². The fourth-order valence-electron chi connectivity index (χ4n) is 3.05. The molecule has 0 radical (unpaired) electrons. The van der Waals surface area contributed by atoms with Crippen molar-refractivity contribution in [1.29, 1.82) is 0 Å². The van der Waals surface area contributed by atoms with Gasteiger partial charge in [-0.3, -0.25) is 9.59 Å². The molecule has 0 atom stereocenters. The molecule has 2 aromatic heterocycles. The van der Waals surface area contributed by atoms with Crippen LogP contribution in [0.2, 0.25) is 0 Å². The Bertz CT molecular complexity index is 1010.